The van der Waals surface area contributed by atoms with Crippen LogP contribution in [-0.4, -0.2) is 32.0 Å². The minimum atomic E-state index is -0.278. The Balaban J connectivity index is 0.000000131. The first-order chi connectivity index (χ1) is 50.4. The Hall–Kier alpha value is -10.3. The van der Waals surface area contributed by atoms with E-state index in [4.69, 9.17) is 9.72 Å². The normalized spacial score (nSPS) is 10.8. The maximum Gasteiger partial charge on any atom is 0.136 e. The second-order valence-corrected chi connectivity index (χ2v) is 30.0. The van der Waals surface area contributed by atoms with Gasteiger partial charge in [0.1, 0.15) is 71.5 Å². The van der Waals surface area contributed by atoms with Gasteiger partial charge in [0.05, 0.1) is 60.0 Å². The van der Waals surface area contributed by atoms with Gasteiger partial charge in [-0.05, 0) is 229 Å². The Morgan fingerprint density at radius 1 is 0.257 bits per heavy atom. The summed E-state index contributed by atoms with van der Waals surface area (Å²) in [5.74, 6) is -0.917. The first-order valence-corrected chi connectivity index (χ1v) is 37.4. The number of hydrogen-bond acceptors (Lipinski definition) is 11. The number of hydrogen-bond donors (Lipinski definition) is 0. The lowest BCUT2D eigenvalue weighted by Crippen LogP contribution is -1.87. The zero-order valence-corrected chi connectivity index (χ0v) is 63.7. The van der Waals surface area contributed by atoms with E-state index in [-0.39, 0.29) is 40.7 Å². The standard InChI is InChI=1S/C18H16FNS.C18H17NOS.3C17H13F2NS/c1-11-4-5-15(10-12(11)2)18-20-13(3)17(21-18)14-6-8-16(19)9-7-14;1-12-7-9-14(10-8-12)17-13(2)19-18(21-17)15-5-4-6-16(11-15)20-3;1-10-3-8-15(19)14(9-10)17-20-11(2)16(21-17)12-4-6-13(18)7-5-12;1-10-9-14(19)7-8-15(10)17-20-11(2)16(21-17)12-3-5-13(18)6-4-12;1-10-4-3-5-14(15(10)19)17-20-11(2)16(21-17)12-6-8-13(18)9-7-12/h4-10H,1-3H3;4-11H,1-3H3;3*3-9H,1-2H3. The minimum absolute atomic E-state index is 0.213. The second-order valence-electron chi connectivity index (χ2n) is 25.0. The molecule has 0 radical (unpaired) electrons. The summed E-state index contributed by atoms with van der Waals surface area (Å²) in [4.78, 5) is 28.1. The number of ether oxygens (including phenoxy) is 1. The van der Waals surface area contributed by atoms with E-state index in [1.807, 2.05) is 65.8 Å². The molecule has 0 saturated heterocycles. The predicted octanol–water partition coefficient (Wildman–Crippen LogP) is 26.8. The van der Waals surface area contributed by atoms with Gasteiger partial charge in [-0.3, -0.25) is 0 Å². The summed E-state index contributed by atoms with van der Waals surface area (Å²) in [5, 5.41) is 4.18. The lowest BCUT2D eigenvalue weighted by Gasteiger charge is -2.02. The van der Waals surface area contributed by atoms with Crippen molar-refractivity contribution in [3.05, 3.63) is 321 Å². The molecule has 0 N–H and O–H groups in total. The summed E-state index contributed by atoms with van der Waals surface area (Å²) in [5.41, 5.74) is 20.0. The third-order valence-corrected chi connectivity index (χ3v) is 23.2. The van der Waals surface area contributed by atoms with Gasteiger partial charge in [-0.1, -0.05) is 126 Å². The van der Waals surface area contributed by atoms with Crippen LogP contribution in [0, 0.1) is 117 Å². The summed E-state index contributed by atoms with van der Waals surface area (Å²) in [6.07, 6.45) is 0. The van der Waals surface area contributed by atoms with Crippen molar-refractivity contribution in [3.63, 3.8) is 0 Å². The number of halogens is 7. The van der Waals surface area contributed by atoms with Crippen molar-refractivity contribution in [1.29, 1.82) is 0 Å². The van der Waals surface area contributed by atoms with Crippen LogP contribution in [-0.2, 0) is 0 Å². The number of thiazole rings is 5. The third-order valence-electron chi connectivity index (χ3n) is 17.0. The highest BCUT2D eigenvalue weighted by molar-refractivity contribution is 7.20. The number of rotatable bonds is 11. The molecule has 15 aromatic rings. The van der Waals surface area contributed by atoms with Crippen molar-refractivity contribution in [2.45, 2.75) is 76.2 Å². The Kier molecular flexibility index (Phi) is 24.6. The number of nitrogens with zero attached hydrogens (tertiary/aromatic N) is 5. The molecule has 0 fully saturated rings. The van der Waals surface area contributed by atoms with E-state index in [1.165, 1.54) is 128 Å². The quantitative estimate of drug-likeness (QED) is 0.120. The van der Waals surface area contributed by atoms with Crippen molar-refractivity contribution < 1.29 is 35.5 Å². The van der Waals surface area contributed by atoms with E-state index >= 15 is 0 Å². The van der Waals surface area contributed by atoms with Gasteiger partial charge in [-0.15, -0.1) is 56.7 Å². The van der Waals surface area contributed by atoms with Gasteiger partial charge in [-0.2, -0.15) is 0 Å². The van der Waals surface area contributed by atoms with Crippen LogP contribution in [0.1, 0.15) is 61.9 Å². The fourth-order valence-electron chi connectivity index (χ4n) is 11.1. The molecule has 18 heteroatoms. The summed E-state index contributed by atoms with van der Waals surface area (Å²) < 4.78 is 98.7. The average molecular weight is 1500 g/mol. The van der Waals surface area contributed by atoms with Gasteiger partial charge in [0.2, 0.25) is 0 Å². The first-order valence-electron chi connectivity index (χ1n) is 33.3. The van der Waals surface area contributed by atoms with Gasteiger partial charge in [0.15, 0.2) is 0 Å². The predicted molar refractivity (Wildman–Crippen MR) is 423 cm³/mol. The van der Waals surface area contributed by atoms with Crippen molar-refractivity contribution in [3.8, 4) is 111 Å². The topological polar surface area (TPSA) is 73.7 Å². The molecule has 105 heavy (non-hydrogen) atoms. The molecule has 0 aliphatic carbocycles. The molecule has 5 heterocycles. The van der Waals surface area contributed by atoms with Crippen LogP contribution in [0.2, 0.25) is 0 Å². The van der Waals surface area contributed by atoms with Crippen molar-refractivity contribution in [1.82, 2.24) is 24.9 Å². The van der Waals surface area contributed by atoms with E-state index in [1.54, 1.807) is 116 Å². The van der Waals surface area contributed by atoms with E-state index in [9.17, 15) is 30.7 Å². The molecule has 5 aromatic heterocycles. The van der Waals surface area contributed by atoms with Crippen LogP contribution in [0.5, 0.6) is 5.75 Å². The largest absolute Gasteiger partial charge is 0.497 e. The van der Waals surface area contributed by atoms with E-state index in [2.05, 4.69) is 96.2 Å². The van der Waals surface area contributed by atoms with Crippen LogP contribution >= 0.6 is 56.7 Å². The fraction of sp³-hybridized carbons (Fsp3) is 0.138. The Morgan fingerprint density at radius 3 is 1.05 bits per heavy atom. The molecule has 15 rings (SSSR count). The molecule has 0 saturated carbocycles. The maximum absolute atomic E-state index is 14.2. The van der Waals surface area contributed by atoms with Gasteiger partial charge < -0.3 is 4.74 Å². The van der Waals surface area contributed by atoms with Gasteiger partial charge in [-0.25, -0.2) is 55.7 Å². The molecule has 0 spiro atoms. The maximum atomic E-state index is 14.2. The Labute approximate surface area is 627 Å². The molecule has 0 amide bonds. The zero-order valence-electron chi connectivity index (χ0n) is 59.6. The smallest absolute Gasteiger partial charge is 0.136 e. The van der Waals surface area contributed by atoms with Gasteiger partial charge in [0.25, 0.3) is 0 Å². The average Bonchev–Trinajstić information content (AvgIpc) is 1.68. The lowest BCUT2D eigenvalue weighted by molar-refractivity contribution is 0.415. The molecule has 0 bridgehead atoms. The highest BCUT2D eigenvalue weighted by Crippen LogP contribution is 2.42. The highest BCUT2D eigenvalue weighted by Gasteiger charge is 2.20. The Bertz CT molecular complexity index is 5420. The third kappa shape index (κ3) is 18.8. The van der Waals surface area contributed by atoms with Crippen LogP contribution in [0.3, 0.4) is 0 Å². The summed E-state index contributed by atoms with van der Waals surface area (Å²) in [6, 6.07) is 63.5. The first kappa shape index (κ1) is 75.8. The zero-order chi connectivity index (χ0) is 74.8. The van der Waals surface area contributed by atoms with Crippen molar-refractivity contribution in [2.75, 3.05) is 7.11 Å². The lowest BCUT2D eigenvalue weighted by atomic mass is 10.1. The van der Waals surface area contributed by atoms with E-state index in [0.29, 0.717) is 26.7 Å². The number of methoxy groups -OCH3 is 1. The summed E-state index contributed by atoms with van der Waals surface area (Å²) in [7, 11) is 1.68. The summed E-state index contributed by atoms with van der Waals surface area (Å²) >= 11 is 7.75. The minimum Gasteiger partial charge on any atom is -0.497 e. The van der Waals surface area contributed by atoms with E-state index < -0.39 is 0 Å². The highest BCUT2D eigenvalue weighted by atomic mass is 32.1. The van der Waals surface area contributed by atoms with Crippen molar-refractivity contribution in [2.24, 2.45) is 0 Å². The van der Waals surface area contributed by atoms with Crippen LogP contribution in [0.15, 0.2) is 218 Å². The molecule has 0 atom stereocenters. The molecule has 10 aromatic carbocycles. The van der Waals surface area contributed by atoms with E-state index in [0.717, 1.165) is 119 Å². The number of aryl methyl sites for hydroxylation is 11. The molecule has 6 nitrogen and oxygen atoms in total. The fourth-order valence-corrected chi connectivity index (χ4v) is 16.6. The van der Waals surface area contributed by atoms with Crippen molar-refractivity contribution >= 4 is 56.7 Å². The van der Waals surface area contributed by atoms with Crippen LogP contribution in [0.4, 0.5) is 30.7 Å². The monoisotopic (exact) mass is 1500 g/mol. The van der Waals surface area contributed by atoms with Crippen LogP contribution in [0.25, 0.3) is 105 Å². The second kappa shape index (κ2) is 34.1. The van der Waals surface area contributed by atoms with Crippen LogP contribution < -0.4 is 4.74 Å². The molecule has 0 aliphatic rings. The number of aromatic nitrogens is 5. The molecule has 530 valence electrons. The molecule has 0 unspecified atom stereocenters. The molecular weight excluding hydrogens is 1420 g/mol. The summed E-state index contributed by atoms with van der Waals surface area (Å²) in [6.45, 7) is 21.6. The SMILES string of the molecule is COc1cccc(-c2nc(C)c(-c3ccc(C)cc3)s2)c1.Cc1cc(F)ccc1-c1nc(C)c(-c2ccc(F)cc2)s1.Cc1ccc(-c2nc(C)c(-c3ccc(F)cc3)s2)cc1C.Cc1ccc(F)c(-c2nc(C)c(-c3ccc(F)cc3)s2)c1.Cc1cccc(-c2nc(C)c(-c3ccc(F)cc3)s2)c1F. The number of benzene rings is 10. The van der Waals surface area contributed by atoms with Gasteiger partial charge in [0, 0.05) is 27.8 Å². The Morgan fingerprint density at radius 2 is 0.619 bits per heavy atom. The molecule has 0 aliphatic heterocycles. The molecular formula is C87H72F7N5OS5. The van der Waals surface area contributed by atoms with Gasteiger partial charge >= 0.3 is 0 Å².